The summed E-state index contributed by atoms with van der Waals surface area (Å²) < 4.78 is 9.33. The third-order valence-corrected chi connectivity index (χ3v) is 3.99. The molecule has 1 atom stereocenters. The zero-order valence-electron chi connectivity index (χ0n) is 13.1. The lowest BCUT2D eigenvalue weighted by Crippen LogP contribution is -2.36. The number of aromatic nitrogens is 1. The highest BCUT2D eigenvalue weighted by Gasteiger charge is 2.32. The van der Waals surface area contributed by atoms with Crippen LogP contribution in [0.3, 0.4) is 0 Å². The van der Waals surface area contributed by atoms with Crippen molar-refractivity contribution in [1.29, 1.82) is 0 Å². The van der Waals surface area contributed by atoms with E-state index in [4.69, 9.17) is 4.74 Å². The number of aromatic hydroxyl groups is 1. The van der Waals surface area contributed by atoms with Gasteiger partial charge in [0.15, 0.2) is 11.4 Å². The molecule has 126 valence electrons. The summed E-state index contributed by atoms with van der Waals surface area (Å²) >= 11 is 0. The van der Waals surface area contributed by atoms with E-state index in [1.165, 1.54) is 20.4 Å². The fraction of sp³-hybridized carbons (Fsp3) is 0.533. The standard InChI is InChI=1S/C15H20N2O6/c1-22-14(20)11-4-3-5-17(11)7-9-6-16-12(15(21)23-2)13(19)10(9)8-18/h6,11,18-19H,3-5,7-8H2,1-2H3. The number of esters is 2. The highest BCUT2D eigenvalue weighted by Crippen LogP contribution is 2.28. The lowest BCUT2D eigenvalue weighted by molar-refractivity contribution is -0.146. The second-order valence-electron chi connectivity index (χ2n) is 5.26. The molecule has 0 spiro atoms. The molecule has 8 heteroatoms. The highest BCUT2D eigenvalue weighted by molar-refractivity contribution is 5.90. The van der Waals surface area contributed by atoms with Crippen LogP contribution in [0.1, 0.15) is 34.5 Å². The lowest BCUT2D eigenvalue weighted by Gasteiger charge is -2.23. The van der Waals surface area contributed by atoms with E-state index in [1.54, 1.807) is 0 Å². The predicted octanol–water partition coefficient (Wildman–Crippen LogP) is 0.204. The number of hydrogen-bond acceptors (Lipinski definition) is 8. The number of rotatable bonds is 5. The van der Waals surface area contributed by atoms with Crippen molar-refractivity contribution in [2.24, 2.45) is 0 Å². The van der Waals surface area contributed by atoms with Crippen LogP contribution in [0.4, 0.5) is 0 Å². The van der Waals surface area contributed by atoms with Gasteiger partial charge in [0.2, 0.25) is 0 Å². The summed E-state index contributed by atoms with van der Waals surface area (Å²) in [7, 11) is 2.53. The van der Waals surface area contributed by atoms with Gasteiger partial charge in [-0.2, -0.15) is 0 Å². The van der Waals surface area contributed by atoms with E-state index in [0.29, 0.717) is 25.1 Å². The van der Waals surface area contributed by atoms with Crippen molar-refractivity contribution in [3.05, 3.63) is 23.0 Å². The molecule has 1 aliphatic rings. The van der Waals surface area contributed by atoms with Gasteiger partial charge in [-0.3, -0.25) is 9.69 Å². The quantitative estimate of drug-likeness (QED) is 0.740. The van der Waals surface area contributed by atoms with E-state index >= 15 is 0 Å². The van der Waals surface area contributed by atoms with Crippen molar-refractivity contribution >= 4 is 11.9 Å². The van der Waals surface area contributed by atoms with E-state index in [1.807, 2.05) is 4.90 Å². The SMILES string of the molecule is COC(=O)c1ncc(CN2CCCC2C(=O)OC)c(CO)c1O. The summed E-state index contributed by atoms with van der Waals surface area (Å²) in [5, 5.41) is 19.7. The fourth-order valence-electron chi connectivity index (χ4n) is 2.77. The molecule has 1 aromatic rings. The van der Waals surface area contributed by atoms with Gasteiger partial charge in [-0.05, 0) is 24.9 Å². The summed E-state index contributed by atoms with van der Waals surface area (Å²) in [6.07, 6.45) is 2.96. The molecule has 0 aliphatic carbocycles. The molecule has 0 saturated carbocycles. The van der Waals surface area contributed by atoms with Crippen LogP contribution in [0.2, 0.25) is 0 Å². The largest absolute Gasteiger partial charge is 0.505 e. The molecule has 2 N–H and O–H groups in total. The van der Waals surface area contributed by atoms with Gasteiger partial charge in [0.1, 0.15) is 6.04 Å². The van der Waals surface area contributed by atoms with Crippen LogP contribution >= 0.6 is 0 Å². The number of ether oxygens (including phenoxy) is 2. The van der Waals surface area contributed by atoms with Crippen molar-refractivity contribution in [3.63, 3.8) is 0 Å². The number of nitrogens with zero attached hydrogens (tertiary/aromatic N) is 2. The Balaban J connectivity index is 2.28. The number of methoxy groups -OCH3 is 2. The molecule has 23 heavy (non-hydrogen) atoms. The third kappa shape index (κ3) is 3.43. The zero-order chi connectivity index (χ0) is 17.0. The molecule has 8 nitrogen and oxygen atoms in total. The van der Waals surface area contributed by atoms with E-state index in [-0.39, 0.29) is 23.3 Å². The van der Waals surface area contributed by atoms with Gasteiger partial charge in [-0.25, -0.2) is 9.78 Å². The van der Waals surface area contributed by atoms with Crippen LogP contribution in [0, 0.1) is 0 Å². The Bertz CT molecular complexity index is 604. The molecule has 1 fully saturated rings. The third-order valence-electron chi connectivity index (χ3n) is 3.99. The molecule has 2 heterocycles. The van der Waals surface area contributed by atoms with Crippen LogP contribution in [0.25, 0.3) is 0 Å². The number of likely N-dealkylation sites (tertiary alicyclic amines) is 1. The van der Waals surface area contributed by atoms with Crippen molar-refractivity contribution in [2.75, 3.05) is 20.8 Å². The molecule has 0 amide bonds. The summed E-state index contributed by atoms with van der Waals surface area (Å²) in [5.41, 5.74) is 0.510. The van der Waals surface area contributed by atoms with Crippen LogP contribution in [-0.2, 0) is 27.4 Å². The minimum Gasteiger partial charge on any atom is -0.505 e. The van der Waals surface area contributed by atoms with Gasteiger partial charge in [0.05, 0.1) is 20.8 Å². The number of pyridine rings is 1. The van der Waals surface area contributed by atoms with Gasteiger partial charge in [-0.15, -0.1) is 0 Å². The maximum absolute atomic E-state index is 11.8. The molecule has 1 unspecified atom stereocenters. The number of carbonyl (C=O) groups excluding carboxylic acids is 2. The number of aliphatic hydroxyl groups excluding tert-OH is 1. The van der Waals surface area contributed by atoms with Crippen LogP contribution in [0.15, 0.2) is 6.20 Å². The van der Waals surface area contributed by atoms with Crippen LogP contribution in [-0.4, -0.2) is 58.8 Å². The van der Waals surface area contributed by atoms with E-state index in [0.717, 1.165) is 6.42 Å². The molecule has 0 aromatic carbocycles. The van der Waals surface area contributed by atoms with Gasteiger partial charge in [0.25, 0.3) is 0 Å². The first-order chi connectivity index (χ1) is 11.0. The van der Waals surface area contributed by atoms with Gasteiger partial charge >= 0.3 is 11.9 Å². The molecule has 0 bridgehead atoms. The average Bonchev–Trinajstić information content (AvgIpc) is 3.02. The average molecular weight is 324 g/mol. The highest BCUT2D eigenvalue weighted by atomic mass is 16.5. The summed E-state index contributed by atoms with van der Waals surface area (Å²) in [4.78, 5) is 29.1. The number of aliphatic hydroxyl groups is 1. The number of carbonyl (C=O) groups is 2. The van der Waals surface area contributed by atoms with Gasteiger partial charge in [-0.1, -0.05) is 0 Å². The first-order valence-electron chi connectivity index (χ1n) is 7.24. The lowest BCUT2D eigenvalue weighted by atomic mass is 10.1. The van der Waals surface area contributed by atoms with Crippen molar-refractivity contribution < 1.29 is 29.3 Å². The van der Waals surface area contributed by atoms with Crippen LogP contribution < -0.4 is 0 Å². The van der Waals surface area contributed by atoms with E-state index in [2.05, 4.69) is 9.72 Å². The Morgan fingerprint density at radius 1 is 1.39 bits per heavy atom. The number of hydrogen-bond donors (Lipinski definition) is 2. The predicted molar refractivity (Wildman–Crippen MR) is 78.6 cm³/mol. The van der Waals surface area contributed by atoms with Crippen molar-refractivity contribution in [2.45, 2.75) is 32.0 Å². The van der Waals surface area contributed by atoms with Crippen molar-refractivity contribution in [3.8, 4) is 5.75 Å². The Morgan fingerprint density at radius 3 is 2.74 bits per heavy atom. The fourth-order valence-corrected chi connectivity index (χ4v) is 2.77. The van der Waals surface area contributed by atoms with Crippen LogP contribution in [0.5, 0.6) is 5.75 Å². The second-order valence-corrected chi connectivity index (χ2v) is 5.26. The minimum atomic E-state index is -0.780. The Morgan fingerprint density at radius 2 is 2.13 bits per heavy atom. The first kappa shape index (κ1) is 17.2. The molecule has 1 aliphatic heterocycles. The maximum atomic E-state index is 11.8. The summed E-state index contributed by atoms with van der Waals surface area (Å²) in [5.74, 6) is -1.49. The Labute approximate surface area is 133 Å². The maximum Gasteiger partial charge on any atom is 0.360 e. The molecule has 0 radical (unpaired) electrons. The Hall–Kier alpha value is -2.19. The van der Waals surface area contributed by atoms with Crippen molar-refractivity contribution in [1.82, 2.24) is 9.88 Å². The van der Waals surface area contributed by atoms with Gasteiger partial charge in [0, 0.05) is 18.3 Å². The van der Waals surface area contributed by atoms with E-state index in [9.17, 15) is 19.8 Å². The summed E-state index contributed by atoms with van der Waals surface area (Å²) in [6.45, 7) is 0.562. The second kappa shape index (κ2) is 7.38. The molecule has 1 aromatic heterocycles. The smallest absolute Gasteiger partial charge is 0.360 e. The normalized spacial score (nSPS) is 18.0. The minimum absolute atomic E-state index is 0.205. The van der Waals surface area contributed by atoms with Gasteiger partial charge < -0.3 is 19.7 Å². The molecule has 1 saturated heterocycles. The Kier molecular flexibility index (Phi) is 5.51. The first-order valence-corrected chi connectivity index (χ1v) is 7.24. The zero-order valence-corrected chi connectivity index (χ0v) is 13.1. The topological polar surface area (TPSA) is 109 Å². The summed E-state index contributed by atoms with van der Waals surface area (Å²) in [6, 6.07) is -0.353. The monoisotopic (exact) mass is 324 g/mol. The molecule has 2 rings (SSSR count). The molecular weight excluding hydrogens is 304 g/mol. The van der Waals surface area contributed by atoms with E-state index < -0.39 is 18.3 Å². The molecular formula is C15H20N2O6.